The monoisotopic (exact) mass is 427 g/mol. The largest absolute Gasteiger partial charge is 0.316 e. The minimum atomic E-state index is 0.607. The first-order chi connectivity index (χ1) is 13.5. The first-order valence-electron chi connectivity index (χ1n) is 9.22. The molecule has 28 heavy (non-hydrogen) atoms. The zero-order valence-corrected chi connectivity index (χ0v) is 18.0. The number of aryl methyl sites for hydroxylation is 2. The Balaban J connectivity index is 1.72. The maximum atomic E-state index is 9.62. The van der Waals surface area contributed by atoms with E-state index in [1.807, 2.05) is 32.2 Å². The fraction of sp³-hybridized carbons (Fsp3) is 0.273. The average molecular weight is 428 g/mol. The molecule has 3 aromatic rings. The minimum Gasteiger partial charge on any atom is -0.316 e. The third-order valence-electron chi connectivity index (χ3n) is 5.21. The van der Waals surface area contributed by atoms with E-state index in [4.69, 9.17) is 28.2 Å². The lowest BCUT2D eigenvalue weighted by atomic mass is 9.96. The molecule has 142 valence electrons. The summed E-state index contributed by atoms with van der Waals surface area (Å²) in [5, 5.41) is 11.7. The van der Waals surface area contributed by atoms with Gasteiger partial charge in [-0.25, -0.2) is 4.99 Å². The summed E-state index contributed by atoms with van der Waals surface area (Å²) in [5.74, 6) is 0. The van der Waals surface area contributed by atoms with Crippen molar-refractivity contribution in [3.05, 3.63) is 67.3 Å². The molecular formula is C22H19Cl2N3S. The van der Waals surface area contributed by atoms with Crippen molar-refractivity contribution in [2.24, 2.45) is 4.99 Å². The third-order valence-corrected chi connectivity index (χ3v) is 6.94. The van der Waals surface area contributed by atoms with Gasteiger partial charge in [-0.2, -0.15) is 5.26 Å². The molecule has 0 aliphatic heterocycles. The molecule has 1 aliphatic rings. The smallest absolute Gasteiger partial charge is 0.134 e. The first-order valence-corrected chi connectivity index (χ1v) is 10.8. The highest BCUT2D eigenvalue weighted by atomic mass is 35.5. The topological polar surface area (TPSA) is 41.1 Å². The van der Waals surface area contributed by atoms with Crippen LogP contribution in [-0.2, 0) is 12.8 Å². The van der Waals surface area contributed by atoms with E-state index in [0.29, 0.717) is 10.0 Å². The molecule has 0 saturated heterocycles. The lowest BCUT2D eigenvalue weighted by Crippen LogP contribution is -2.00. The number of nitriles is 1. The van der Waals surface area contributed by atoms with Crippen LogP contribution in [0.15, 0.2) is 29.3 Å². The standard InChI is InChI=1S/C22H19Cl2N3S/c1-13-9-15(14(2)27(13)20-8-7-16(23)10-19(20)24)12-26-22-18(11-25)17-5-3-4-6-21(17)28-22/h7-10,12H,3-6H2,1-2H3. The molecule has 3 nitrogen and oxygen atoms in total. The molecule has 2 aromatic heterocycles. The summed E-state index contributed by atoms with van der Waals surface area (Å²) in [6, 6.07) is 9.97. The van der Waals surface area contributed by atoms with Gasteiger partial charge in [0.1, 0.15) is 11.1 Å². The second kappa shape index (κ2) is 7.75. The quantitative estimate of drug-likeness (QED) is 0.416. The Morgan fingerprint density at radius 1 is 1.18 bits per heavy atom. The number of aromatic nitrogens is 1. The van der Waals surface area contributed by atoms with Gasteiger partial charge in [0, 0.05) is 33.1 Å². The van der Waals surface area contributed by atoms with Gasteiger partial charge in [0.05, 0.1) is 16.3 Å². The predicted molar refractivity (Wildman–Crippen MR) is 118 cm³/mol. The molecule has 0 saturated carbocycles. The van der Waals surface area contributed by atoms with Gasteiger partial charge >= 0.3 is 0 Å². The van der Waals surface area contributed by atoms with Crippen LogP contribution >= 0.6 is 34.5 Å². The van der Waals surface area contributed by atoms with Crippen molar-refractivity contribution in [3.8, 4) is 11.8 Å². The van der Waals surface area contributed by atoms with E-state index in [1.165, 1.54) is 16.9 Å². The van der Waals surface area contributed by atoms with Gasteiger partial charge in [-0.15, -0.1) is 11.3 Å². The van der Waals surface area contributed by atoms with E-state index >= 15 is 0 Å². The lowest BCUT2D eigenvalue weighted by molar-refractivity contribution is 0.696. The summed E-state index contributed by atoms with van der Waals surface area (Å²) >= 11 is 14.1. The van der Waals surface area contributed by atoms with Crippen LogP contribution in [0.5, 0.6) is 0 Å². The van der Waals surface area contributed by atoms with Crippen molar-refractivity contribution in [2.75, 3.05) is 0 Å². The Kier molecular flexibility index (Phi) is 5.33. The normalized spacial score (nSPS) is 13.7. The third kappa shape index (κ3) is 3.39. The van der Waals surface area contributed by atoms with Crippen molar-refractivity contribution in [2.45, 2.75) is 39.5 Å². The highest BCUT2D eigenvalue weighted by Gasteiger charge is 2.20. The number of rotatable bonds is 3. The van der Waals surface area contributed by atoms with Crippen LogP contribution in [-0.4, -0.2) is 10.8 Å². The van der Waals surface area contributed by atoms with Crippen LogP contribution in [0.1, 0.15) is 45.8 Å². The molecule has 0 bridgehead atoms. The van der Waals surface area contributed by atoms with E-state index in [2.05, 4.69) is 16.7 Å². The second-order valence-electron chi connectivity index (χ2n) is 7.02. The Labute approximate surface area is 178 Å². The number of hydrogen-bond acceptors (Lipinski definition) is 3. The number of aliphatic imine (C=N–C) groups is 1. The van der Waals surface area contributed by atoms with Crippen molar-refractivity contribution in [3.63, 3.8) is 0 Å². The Hall–Kier alpha value is -2.06. The van der Waals surface area contributed by atoms with Crippen LogP contribution in [0.25, 0.3) is 5.69 Å². The number of hydrogen-bond donors (Lipinski definition) is 0. The van der Waals surface area contributed by atoms with Crippen LogP contribution < -0.4 is 0 Å². The van der Waals surface area contributed by atoms with Gasteiger partial charge in [0.25, 0.3) is 0 Å². The number of halogens is 2. The van der Waals surface area contributed by atoms with Gasteiger partial charge in [-0.05, 0) is 69.4 Å². The predicted octanol–water partition coefficient (Wildman–Crippen LogP) is 6.96. The minimum absolute atomic E-state index is 0.607. The van der Waals surface area contributed by atoms with Crippen molar-refractivity contribution in [1.29, 1.82) is 5.26 Å². The molecule has 1 aliphatic carbocycles. The van der Waals surface area contributed by atoms with Gasteiger partial charge in [-0.3, -0.25) is 0 Å². The Morgan fingerprint density at radius 3 is 2.71 bits per heavy atom. The molecule has 0 radical (unpaired) electrons. The molecule has 6 heteroatoms. The van der Waals surface area contributed by atoms with E-state index < -0.39 is 0 Å². The zero-order chi connectivity index (χ0) is 19.8. The molecule has 0 N–H and O–H groups in total. The van der Waals surface area contributed by atoms with Gasteiger partial charge in [-0.1, -0.05) is 23.2 Å². The number of thiophene rings is 1. The Bertz CT molecular complexity index is 1130. The van der Waals surface area contributed by atoms with Crippen LogP contribution in [0.4, 0.5) is 5.00 Å². The maximum Gasteiger partial charge on any atom is 0.134 e. The van der Waals surface area contributed by atoms with Crippen LogP contribution in [0, 0.1) is 25.2 Å². The number of nitrogens with zero attached hydrogens (tertiary/aromatic N) is 3. The van der Waals surface area contributed by atoms with E-state index in [-0.39, 0.29) is 0 Å². The van der Waals surface area contributed by atoms with Crippen molar-refractivity contribution in [1.82, 2.24) is 4.57 Å². The van der Waals surface area contributed by atoms with Gasteiger partial charge in [0.15, 0.2) is 0 Å². The zero-order valence-electron chi connectivity index (χ0n) is 15.7. The average Bonchev–Trinajstić information content (AvgIpc) is 3.17. The SMILES string of the molecule is Cc1cc(C=Nc2sc3c(c2C#N)CCCC3)c(C)n1-c1ccc(Cl)cc1Cl. The number of benzene rings is 1. The van der Waals surface area contributed by atoms with Crippen LogP contribution in [0.3, 0.4) is 0 Å². The molecule has 0 spiro atoms. The molecule has 4 rings (SSSR count). The van der Waals surface area contributed by atoms with E-state index in [9.17, 15) is 5.26 Å². The van der Waals surface area contributed by atoms with Gasteiger partial charge in [0.2, 0.25) is 0 Å². The van der Waals surface area contributed by atoms with Gasteiger partial charge < -0.3 is 4.57 Å². The van der Waals surface area contributed by atoms with E-state index in [1.54, 1.807) is 17.4 Å². The summed E-state index contributed by atoms with van der Waals surface area (Å²) in [5.41, 5.74) is 5.98. The highest BCUT2D eigenvalue weighted by molar-refractivity contribution is 7.16. The molecule has 0 unspecified atom stereocenters. The van der Waals surface area contributed by atoms with E-state index in [0.717, 1.165) is 52.5 Å². The van der Waals surface area contributed by atoms with Crippen molar-refractivity contribution >= 4 is 45.8 Å². The summed E-state index contributed by atoms with van der Waals surface area (Å²) in [6.07, 6.45) is 6.28. The summed E-state index contributed by atoms with van der Waals surface area (Å²) in [7, 11) is 0. The molecule has 0 fully saturated rings. The molecular weight excluding hydrogens is 409 g/mol. The summed E-state index contributed by atoms with van der Waals surface area (Å²) in [4.78, 5) is 6.03. The summed E-state index contributed by atoms with van der Waals surface area (Å²) < 4.78 is 2.10. The Morgan fingerprint density at radius 2 is 1.96 bits per heavy atom. The lowest BCUT2D eigenvalue weighted by Gasteiger charge is -2.11. The maximum absolute atomic E-state index is 9.62. The molecule has 0 amide bonds. The van der Waals surface area contributed by atoms with Crippen molar-refractivity contribution < 1.29 is 0 Å². The fourth-order valence-electron chi connectivity index (χ4n) is 3.84. The number of fused-ring (bicyclic) bond motifs is 1. The molecule has 2 heterocycles. The summed E-state index contributed by atoms with van der Waals surface area (Å²) in [6.45, 7) is 4.09. The fourth-order valence-corrected chi connectivity index (χ4v) is 5.51. The second-order valence-corrected chi connectivity index (χ2v) is 8.95. The molecule has 1 aromatic carbocycles. The van der Waals surface area contributed by atoms with Crippen LogP contribution in [0.2, 0.25) is 10.0 Å². The molecule has 0 atom stereocenters. The highest BCUT2D eigenvalue weighted by Crippen LogP contribution is 2.39. The first kappa shape index (κ1) is 19.3.